The summed E-state index contributed by atoms with van der Waals surface area (Å²) in [5, 5.41) is 3.22. The van der Waals surface area contributed by atoms with E-state index in [1.165, 1.54) is 26.4 Å². The van der Waals surface area contributed by atoms with E-state index in [1.807, 2.05) is 24.3 Å². The molecule has 0 aliphatic carbocycles. The number of nitrogens with one attached hydrogen (secondary N) is 1. The van der Waals surface area contributed by atoms with Gasteiger partial charge in [0, 0.05) is 17.8 Å². The highest BCUT2D eigenvalue weighted by atomic mass is 19.1. The molecule has 6 nitrogen and oxygen atoms in total. The number of anilines is 1. The Kier molecular flexibility index (Phi) is 5.48. The molecule has 0 saturated carbocycles. The summed E-state index contributed by atoms with van der Waals surface area (Å²) >= 11 is 0. The van der Waals surface area contributed by atoms with E-state index >= 15 is 0 Å². The fourth-order valence-electron chi connectivity index (χ4n) is 2.25. The molecule has 1 heterocycles. The summed E-state index contributed by atoms with van der Waals surface area (Å²) in [5.41, 5.74) is 1.70. The molecule has 0 fully saturated rings. The van der Waals surface area contributed by atoms with Crippen molar-refractivity contribution in [1.29, 1.82) is 0 Å². The highest BCUT2D eigenvalue weighted by Crippen LogP contribution is 2.27. The fraction of sp³-hybridized carbons (Fsp3) is 0.158. The number of benzene rings is 2. The molecule has 1 aromatic heterocycles. The molecule has 3 rings (SSSR count). The third kappa shape index (κ3) is 4.38. The third-order valence-corrected chi connectivity index (χ3v) is 3.58. The molecule has 7 heteroatoms. The average molecular weight is 355 g/mol. The summed E-state index contributed by atoms with van der Waals surface area (Å²) < 4.78 is 29.1. The van der Waals surface area contributed by atoms with Crippen molar-refractivity contribution < 1.29 is 18.6 Å². The van der Waals surface area contributed by atoms with Gasteiger partial charge in [-0.3, -0.25) is 0 Å². The second-order valence-electron chi connectivity index (χ2n) is 5.31. The number of para-hydroxylation sites is 1. The molecule has 0 spiro atoms. The molecule has 0 unspecified atom stereocenters. The Morgan fingerprint density at radius 2 is 1.58 bits per heavy atom. The highest BCUT2D eigenvalue weighted by Gasteiger charge is 2.10. The monoisotopic (exact) mass is 355 g/mol. The van der Waals surface area contributed by atoms with Crippen LogP contribution in [0.1, 0.15) is 5.56 Å². The van der Waals surface area contributed by atoms with Gasteiger partial charge < -0.3 is 19.5 Å². The van der Waals surface area contributed by atoms with Crippen molar-refractivity contribution in [3.05, 3.63) is 66.0 Å². The van der Waals surface area contributed by atoms with Crippen LogP contribution in [0.3, 0.4) is 0 Å². The molecule has 2 aromatic carbocycles. The lowest BCUT2D eigenvalue weighted by Crippen LogP contribution is -2.03. The number of methoxy groups -OCH3 is 2. The van der Waals surface area contributed by atoms with E-state index in [4.69, 9.17) is 14.2 Å². The Bertz CT molecular complexity index is 850. The Hall–Kier alpha value is -3.35. The van der Waals surface area contributed by atoms with E-state index in [1.54, 1.807) is 18.2 Å². The van der Waals surface area contributed by atoms with Crippen molar-refractivity contribution in [2.45, 2.75) is 6.54 Å². The third-order valence-electron chi connectivity index (χ3n) is 3.58. The normalized spacial score (nSPS) is 10.3. The van der Waals surface area contributed by atoms with Crippen LogP contribution in [0, 0.1) is 5.82 Å². The minimum absolute atomic E-state index is 0.121. The van der Waals surface area contributed by atoms with Crippen LogP contribution >= 0.6 is 0 Å². The molecule has 134 valence electrons. The lowest BCUT2D eigenvalue weighted by molar-refractivity contribution is 0.347. The van der Waals surface area contributed by atoms with Crippen molar-refractivity contribution in [1.82, 2.24) is 9.97 Å². The summed E-state index contributed by atoms with van der Waals surface area (Å²) in [6, 6.07) is 15.3. The summed E-state index contributed by atoms with van der Waals surface area (Å²) in [7, 11) is 3.01. The number of hydrogen-bond donors (Lipinski definition) is 1. The molecule has 0 aliphatic rings. The molecule has 0 bridgehead atoms. The average Bonchev–Trinajstić information content (AvgIpc) is 2.68. The first kappa shape index (κ1) is 17.5. The zero-order valence-corrected chi connectivity index (χ0v) is 14.4. The summed E-state index contributed by atoms with van der Waals surface area (Å²) in [4.78, 5) is 8.33. The molecule has 0 amide bonds. The van der Waals surface area contributed by atoms with Gasteiger partial charge in [0.05, 0.1) is 20.3 Å². The largest absolute Gasteiger partial charge is 0.481 e. The minimum atomic E-state index is -0.275. The zero-order valence-electron chi connectivity index (χ0n) is 14.4. The maximum absolute atomic E-state index is 13.0. The van der Waals surface area contributed by atoms with Crippen molar-refractivity contribution in [3.63, 3.8) is 0 Å². The maximum atomic E-state index is 13.0. The predicted octanol–water partition coefficient (Wildman–Crippen LogP) is 4.04. The molecule has 0 radical (unpaired) electrons. The van der Waals surface area contributed by atoms with Crippen LogP contribution in [0.2, 0.25) is 0 Å². The molecule has 3 aromatic rings. The van der Waals surface area contributed by atoms with Crippen LogP contribution in [0.4, 0.5) is 10.1 Å². The fourth-order valence-corrected chi connectivity index (χ4v) is 2.25. The van der Waals surface area contributed by atoms with Crippen molar-refractivity contribution >= 4 is 5.69 Å². The quantitative estimate of drug-likeness (QED) is 0.690. The number of halogens is 1. The minimum Gasteiger partial charge on any atom is -0.481 e. The Morgan fingerprint density at radius 3 is 2.23 bits per heavy atom. The first-order valence-corrected chi connectivity index (χ1v) is 7.90. The van der Waals surface area contributed by atoms with Gasteiger partial charge in [0.25, 0.3) is 0 Å². The van der Waals surface area contributed by atoms with E-state index < -0.39 is 0 Å². The number of ether oxygens (including phenoxy) is 3. The number of aromatic nitrogens is 2. The first-order chi connectivity index (χ1) is 12.7. The first-order valence-electron chi connectivity index (χ1n) is 7.90. The van der Waals surface area contributed by atoms with Crippen LogP contribution in [0.15, 0.2) is 54.6 Å². The SMILES string of the molecule is COc1cc(OC)nc(Oc2ccccc2CNc2ccc(F)cc2)n1. The van der Waals surface area contributed by atoms with Crippen molar-refractivity contribution in [2.24, 2.45) is 0 Å². The number of hydrogen-bond acceptors (Lipinski definition) is 6. The van der Waals surface area contributed by atoms with Gasteiger partial charge in [-0.2, -0.15) is 9.97 Å². The summed E-state index contributed by atoms with van der Waals surface area (Å²) in [6.07, 6.45) is 0. The molecule has 1 N–H and O–H groups in total. The second-order valence-corrected chi connectivity index (χ2v) is 5.31. The van der Waals surface area contributed by atoms with Crippen molar-refractivity contribution in [3.8, 4) is 23.5 Å². The molecule has 0 aliphatic heterocycles. The predicted molar refractivity (Wildman–Crippen MR) is 95.4 cm³/mol. The van der Waals surface area contributed by atoms with Crippen LogP contribution in [-0.4, -0.2) is 24.2 Å². The standard InChI is InChI=1S/C19H18FN3O3/c1-24-17-11-18(25-2)23-19(22-17)26-16-6-4-3-5-13(16)12-21-15-9-7-14(20)8-10-15/h3-11,21H,12H2,1-2H3. The maximum Gasteiger partial charge on any atom is 0.328 e. The van der Waals surface area contributed by atoms with Crippen molar-refractivity contribution in [2.75, 3.05) is 19.5 Å². The van der Waals surface area contributed by atoms with E-state index in [2.05, 4.69) is 15.3 Å². The second kappa shape index (κ2) is 8.15. The van der Waals surface area contributed by atoms with Gasteiger partial charge in [0.15, 0.2) is 0 Å². The van der Waals surface area contributed by atoms with Gasteiger partial charge in [-0.1, -0.05) is 18.2 Å². The summed E-state index contributed by atoms with van der Waals surface area (Å²) in [5.74, 6) is 1.00. The molecular weight excluding hydrogens is 337 g/mol. The molecule has 26 heavy (non-hydrogen) atoms. The van der Waals surface area contributed by atoms with Crippen LogP contribution in [0.5, 0.6) is 23.5 Å². The Morgan fingerprint density at radius 1 is 0.923 bits per heavy atom. The van der Waals surface area contributed by atoms with Crippen LogP contribution in [-0.2, 0) is 6.54 Å². The van der Waals surface area contributed by atoms with Gasteiger partial charge in [0.2, 0.25) is 11.8 Å². The smallest absolute Gasteiger partial charge is 0.328 e. The van der Waals surface area contributed by atoms with Gasteiger partial charge in [-0.25, -0.2) is 4.39 Å². The van der Waals surface area contributed by atoms with Crippen LogP contribution in [0.25, 0.3) is 0 Å². The molecular formula is C19H18FN3O3. The van der Waals surface area contributed by atoms with Gasteiger partial charge in [-0.05, 0) is 30.3 Å². The Balaban J connectivity index is 1.77. The van der Waals surface area contributed by atoms with E-state index in [9.17, 15) is 4.39 Å². The number of rotatable bonds is 7. The highest BCUT2D eigenvalue weighted by molar-refractivity contribution is 5.45. The lowest BCUT2D eigenvalue weighted by Gasteiger charge is -2.12. The van der Waals surface area contributed by atoms with Gasteiger partial charge in [-0.15, -0.1) is 0 Å². The number of nitrogens with zero attached hydrogens (tertiary/aromatic N) is 2. The topological polar surface area (TPSA) is 65.5 Å². The lowest BCUT2D eigenvalue weighted by atomic mass is 10.2. The Labute approximate surface area is 150 Å². The van der Waals surface area contributed by atoms with Crippen LogP contribution < -0.4 is 19.5 Å². The van der Waals surface area contributed by atoms with E-state index in [0.29, 0.717) is 24.1 Å². The van der Waals surface area contributed by atoms with Gasteiger partial charge >= 0.3 is 6.01 Å². The molecule has 0 saturated heterocycles. The van der Waals surface area contributed by atoms with E-state index in [-0.39, 0.29) is 11.8 Å². The molecule has 0 atom stereocenters. The van der Waals surface area contributed by atoms with E-state index in [0.717, 1.165) is 11.3 Å². The van der Waals surface area contributed by atoms with Gasteiger partial charge in [0.1, 0.15) is 11.6 Å². The zero-order chi connectivity index (χ0) is 18.4. The summed E-state index contributed by atoms with van der Waals surface area (Å²) in [6.45, 7) is 0.489.